The third kappa shape index (κ3) is 4.22. The van der Waals surface area contributed by atoms with Crippen molar-refractivity contribution >= 4 is 50.0 Å². The number of amidine groups is 1. The number of nitrogens with zero attached hydrogens (tertiary/aromatic N) is 2. The highest BCUT2D eigenvalue weighted by Crippen LogP contribution is 2.41. The Bertz CT molecular complexity index is 1110. The molecule has 1 amide bonds. The van der Waals surface area contributed by atoms with E-state index in [4.69, 9.17) is 11.6 Å². The molecule has 0 saturated carbocycles. The van der Waals surface area contributed by atoms with E-state index < -0.39 is 9.84 Å². The van der Waals surface area contributed by atoms with Gasteiger partial charge in [-0.3, -0.25) is 4.79 Å². The van der Waals surface area contributed by atoms with Crippen LogP contribution in [-0.4, -0.2) is 42.3 Å². The molecule has 2 heterocycles. The van der Waals surface area contributed by atoms with Gasteiger partial charge in [0.15, 0.2) is 15.0 Å². The number of fused-ring (bicyclic) bond motifs is 1. The molecule has 5 nitrogen and oxygen atoms in total. The molecule has 2 aliphatic heterocycles. The van der Waals surface area contributed by atoms with Gasteiger partial charge in [0.05, 0.1) is 24.0 Å². The molecule has 152 valence electrons. The minimum atomic E-state index is -3.09. The molecular weight excluding hydrogens is 428 g/mol. The van der Waals surface area contributed by atoms with E-state index in [1.807, 2.05) is 55.1 Å². The summed E-state index contributed by atoms with van der Waals surface area (Å²) in [6.07, 6.45) is 0.109. The SMILES string of the molecule is Cc1ccc(N2C(=NC(=O)Cc3ccccc3Cl)S[C@H]3CS(=O)(=O)C[C@H]32)cc1C. The summed E-state index contributed by atoms with van der Waals surface area (Å²) in [5, 5.41) is 0.984. The Hall–Kier alpha value is -1.83. The lowest BCUT2D eigenvalue weighted by atomic mass is 10.1. The molecule has 8 heteroatoms. The summed E-state index contributed by atoms with van der Waals surface area (Å²) in [5.74, 6) is -0.103. The van der Waals surface area contributed by atoms with Gasteiger partial charge in [-0.05, 0) is 48.7 Å². The fourth-order valence-electron chi connectivity index (χ4n) is 3.69. The highest BCUT2D eigenvalue weighted by atomic mass is 35.5. The lowest BCUT2D eigenvalue weighted by Crippen LogP contribution is -2.37. The second-order valence-corrected chi connectivity index (χ2v) is 11.3. The molecule has 2 aliphatic rings. The molecule has 2 fully saturated rings. The number of rotatable bonds is 3. The summed E-state index contributed by atoms with van der Waals surface area (Å²) >= 11 is 7.55. The zero-order chi connectivity index (χ0) is 20.8. The molecule has 29 heavy (non-hydrogen) atoms. The molecular formula is C21H21ClN2O3S2. The molecule has 4 rings (SSSR count). The van der Waals surface area contributed by atoms with Crippen LogP contribution in [0.5, 0.6) is 0 Å². The van der Waals surface area contributed by atoms with Gasteiger partial charge in [-0.2, -0.15) is 4.99 Å². The van der Waals surface area contributed by atoms with Crippen LogP contribution >= 0.6 is 23.4 Å². The van der Waals surface area contributed by atoms with E-state index in [-0.39, 0.29) is 35.1 Å². The maximum absolute atomic E-state index is 12.7. The largest absolute Gasteiger partial charge is 0.316 e. The van der Waals surface area contributed by atoms with Crippen LogP contribution in [0.3, 0.4) is 0 Å². The number of carbonyl (C=O) groups is 1. The first-order valence-corrected chi connectivity index (χ1v) is 12.4. The first-order valence-electron chi connectivity index (χ1n) is 9.32. The molecule has 0 aromatic heterocycles. The number of anilines is 1. The van der Waals surface area contributed by atoms with Gasteiger partial charge >= 0.3 is 0 Å². The van der Waals surface area contributed by atoms with E-state index in [0.717, 1.165) is 22.4 Å². The van der Waals surface area contributed by atoms with Crippen molar-refractivity contribution in [2.75, 3.05) is 16.4 Å². The van der Waals surface area contributed by atoms with Crippen molar-refractivity contribution in [3.05, 3.63) is 64.2 Å². The zero-order valence-electron chi connectivity index (χ0n) is 16.1. The fourth-order valence-corrected chi connectivity index (χ4v) is 7.83. The standard InChI is InChI=1S/C21H21ClN2O3S2/c1-13-7-8-16(9-14(13)2)24-18-11-29(26,27)12-19(18)28-21(24)23-20(25)10-15-5-3-4-6-17(15)22/h3-9,18-19H,10-12H2,1-2H3/t18-,19+/m1/s1. The van der Waals surface area contributed by atoms with Crippen LogP contribution < -0.4 is 4.90 Å². The number of carbonyl (C=O) groups excluding carboxylic acids is 1. The molecule has 2 atom stereocenters. The molecule has 0 bridgehead atoms. The minimum absolute atomic E-state index is 0.0787. The van der Waals surface area contributed by atoms with Crippen LogP contribution in [-0.2, 0) is 21.1 Å². The van der Waals surface area contributed by atoms with E-state index in [2.05, 4.69) is 4.99 Å². The van der Waals surface area contributed by atoms with E-state index in [1.54, 1.807) is 6.07 Å². The quantitative estimate of drug-likeness (QED) is 0.714. The summed E-state index contributed by atoms with van der Waals surface area (Å²) in [6, 6.07) is 13.0. The van der Waals surface area contributed by atoms with Crippen LogP contribution in [0.15, 0.2) is 47.5 Å². The number of aliphatic imine (C=N–C) groups is 1. The molecule has 2 saturated heterocycles. The number of hydrogen-bond acceptors (Lipinski definition) is 4. The molecule has 0 unspecified atom stereocenters. The predicted molar refractivity (Wildman–Crippen MR) is 120 cm³/mol. The van der Waals surface area contributed by atoms with Crippen LogP contribution in [0.4, 0.5) is 5.69 Å². The molecule has 0 radical (unpaired) electrons. The average Bonchev–Trinajstić information content (AvgIpc) is 3.10. The van der Waals surface area contributed by atoms with E-state index >= 15 is 0 Å². The van der Waals surface area contributed by atoms with Crippen LogP contribution in [0.2, 0.25) is 5.02 Å². The van der Waals surface area contributed by atoms with Crippen LogP contribution in [0, 0.1) is 13.8 Å². The molecule has 0 aliphatic carbocycles. The Labute approximate surface area is 180 Å². The van der Waals surface area contributed by atoms with Crippen molar-refractivity contribution in [1.82, 2.24) is 0 Å². The van der Waals surface area contributed by atoms with Gasteiger partial charge < -0.3 is 4.90 Å². The maximum atomic E-state index is 12.7. The monoisotopic (exact) mass is 448 g/mol. The van der Waals surface area contributed by atoms with Crippen LogP contribution in [0.1, 0.15) is 16.7 Å². The number of hydrogen-bond donors (Lipinski definition) is 0. The summed E-state index contributed by atoms with van der Waals surface area (Å²) in [4.78, 5) is 19.0. The maximum Gasteiger partial charge on any atom is 0.252 e. The highest BCUT2D eigenvalue weighted by molar-refractivity contribution is 8.16. The third-order valence-corrected chi connectivity index (χ3v) is 8.93. The average molecular weight is 449 g/mol. The Balaban J connectivity index is 1.67. The van der Waals surface area contributed by atoms with Crippen molar-refractivity contribution in [2.45, 2.75) is 31.6 Å². The van der Waals surface area contributed by atoms with Gasteiger partial charge in [0.1, 0.15) is 0 Å². The zero-order valence-corrected chi connectivity index (χ0v) is 18.5. The van der Waals surface area contributed by atoms with E-state index in [0.29, 0.717) is 10.2 Å². The van der Waals surface area contributed by atoms with Gasteiger partial charge in [-0.25, -0.2) is 8.42 Å². The molecule has 0 spiro atoms. The number of sulfone groups is 1. The Morgan fingerprint density at radius 2 is 1.93 bits per heavy atom. The van der Waals surface area contributed by atoms with Gasteiger partial charge in [0.2, 0.25) is 0 Å². The number of amides is 1. The van der Waals surface area contributed by atoms with E-state index in [1.165, 1.54) is 11.8 Å². The Kier molecular flexibility index (Phi) is 5.48. The Morgan fingerprint density at radius 1 is 1.17 bits per heavy atom. The minimum Gasteiger partial charge on any atom is -0.316 e. The lowest BCUT2D eigenvalue weighted by Gasteiger charge is -2.25. The van der Waals surface area contributed by atoms with Crippen molar-refractivity contribution in [3.8, 4) is 0 Å². The number of benzene rings is 2. The number of halogens is 1. The summed E-state index contributed by atoms with van der Waals surface area (Å²) in [6.45, 7) is 4.05. The predicted octanol–water partition coefficient (Wildman–Crippen LogP) is 3.80. The summed E-state index contributed by atoms with van der Waals surface area (Å²) in [5.41, 5.74) is 3.87. The Morgan fingerprint density at radius 3 is 2.66 bits per heavy atom. The van der Waals surface area contributed by atoms with Crippen molar-refractivity contribution in [3.63, 3.8) is 0 Å². The topological polar surface area (TPSA) is 66.8 Å². The fraction of sp³-hybridized carbons (Fsp3) is 0.333. The van der Waals surface area contributed by atoms with Crippen LogP contribution in [0.25, 0.3) is 0 Å². The first kappa shape index (κ1) is 20.4. The normalized spacial score (nSPS) is 24.1. The van der Waals surface area contributed by atoms with Gasteiger partial charge in [0.25, 0.3) is 5.91 Å². The van der Waals surface area contributed by atoms with E-state index in [9.17, 15) is 13.2 Å². The first-order chi connectivity index (χ1) is 13.7. The highest BCUT2D eigenvalue weighted by Gasteiger charge is 2.49. The lowest BCUT2D eigenvalue weighted by molar-refractivity contribution is -0.117. The number of aryl methyl sites for hydroxylation is 2. The summed E-state index contributed by atoms with van der Waals surface area (Å²) in [7, 11) is -3.09. The van der Waals surface area contributed by atoms with Crippen molar-refractivity contribution in [1.29, 1.82) is 0 Å². The smallest absolute Gasteiger partial charge is 0.252 e. The second kappa shape index (κ2) is 7.78. The molecule has 2 aromatic rings. The molecule has 0 N–H and O–H groups in total. The van der Waals surface area contributed by atoms with Gasteiger partial charge in [-0.15, -0.1) is 0 Å². The van der Waals surface area contributed by atoms with Gasteiger partial charge in [0, 0.05) is 16.0 Å². The summed E-state index contributed by atoms with van der Waals surface area (Å²) < 4.78 is 24.4. The third-order valence-electron chi connectivity index (χ3n) is 5.36. The van der Waals surface area contributed by atoms with Crippen molar-refractivity contribution in [2.24, 2.45) is 4.99 Å². The van der Waals surface area contributed by atoms with Gasteiger partial charge in [-0.1, -0.05) is 47.6 Å². The number of thioether (sulfide) groups is 1. The molecule has 2 aromatic carbocycles. The van der Waals surface area contributed by atoms with Crippen molar-refractivity contribution < 1.29 is 13.2 Å². The second-order valence-electron chi connectivity index (χ2n) is 7.50.